The third-order valence-electron chi connectivity index (χ3n) is 2.50. The van der Waals surface area contributed by atoms with Gasteiger partial charge in [-0.15, -0.1) is 0 Å². The topological polar surface area (TPSA) is 39.1 Å². The Morgan fingerprint density at radius 2 is 2.18 bits per heavy atom. The van der Waals surface area contributed by atoms with Gasteiger partial charge < -0.3 is 10.2 Å². The molecule has 1 N–H and O–H groups in total. The van der Waals surface area contributed by atoms with Crippen LogP contribution in [-0.4, -0.2) is 18.7 Å². The summed E-state index contributed by atoms with van der Waals surface area (Å²) in [4.78, 5) is 1.84. The molecule has 17 heavy (non-hydrogen) atoms. The van der Waals surface area contributed by atoms with E-state index in [1.54, 1.807) is 6.07 Å². The molecule has 3 nitrogen and oxygen atoms in total. The van der Waals surface area contributed by atoms with Crippen molar-refractivity contribution in [3.63, 3.8) is 0 Å². The molecule has 0 aliphatic carbocycles. The number of hydrogen-bond donors (Lipinski definition) is 1. The van der Waals surface area contributed by atoms with Crippen molar-refractivity contribution in [2.45, 2.75) is 19.8 Å². The van der Waals surface area contributed by atoms with Gasteiger partial charge in [-0.25, -0.2) is 0 Å². The minimum Gasteiger partial charge on any atom is -0.362 e. The van der Waals surface area contributed by atoms with E-state index in [9.17, 15) is 0 Å². The summed E-state index contributed by atoms with van der Waals surface area (Å²) in [7, 11) is 1.87. The Morgan fingerprint density at radius 3 is 2.82 bits per heavy atom. The molecular weight excluding hydrogens is 230 g/mol. The molecule has 0 saturated heterocycles. The average Bonchev–Trinajstić information content (AvgIpc) is 2.38. The molecule has 0 atom stereocenters. The fraction of sp³-hybridized carbons (Fsp3) is 0.385. The molecule has 0 bridgehead atoms. The number of para-hydroxylation sites is 1. The molecule has 4 heteroatoms. The smallest absolute Gasteiger partial charge is 0.173 e. The highest BCUT2D eigenvalue weighted by molar-refractivity contribution is 7.80. The lowest BCUT2D eigenvalue weighted by Gasteiger charge is -2.22. The lowest BCUT2D eigenvalue weighted by Crippen LogP contribution is -2.37. The van der Waals surface area contributed by atoms with Crippen LogP contribution < -0.4 is 10.2 Å². The molecule has 1 aromatic carbocycles. The second-order valence-electron chi connectivity index (χ2n) is 3.77. The number of nitriles is 1. The molecule has 0 spiro atoms. The summed E-state index contributed by atoms with van der Waals surface area (Å²) in [6.07, 6.45) is 2.22. The van der Waals surface area contributed by atoms with Crippen molar-refractivity contribution < 1.29 is 0 Å². The molecule has 1 rings (SSSR count). The summed E-state index contributed by atoms with van der Waals surface area (Å²) >= 11 is 5.28. The van der Waals surface area contributed by atoms with Crippen molar-refractivity contribution >= 4 is 23.0 Å². The minimum absolute atomic E-state index is 0.634. The van der Waals surface area contributed by atoms with Gasteiger partial charge in [0.15, 0.2) is 5.11 Å². The summed E-state index contributed by atoms with van der Waals surface area (Å²) < 4.78 is 0. The van der Waals surface area contributed by atoms with Gasteiger partial charge in [0.25, 0.3) is 0 Å². The number of unbranched alkanes of at least 4 members (excludes halogenated alkanes) is 1. The van der Waals surface area contributed by atoms with Gasteiger partial charge in [0.05, 0.1) is 11.3 Å². The van der Waals surface area contributed by atoms with Gasteiger partial charge in [0.2, 0.25) is 0 Å². The number of benzene rings is 1. The first kappa shape index (κ1) is 13.5. The number of thiocarbonyl (C=S) groups is 1. The SMILES string of the molecule is CCCCNC(=S)N(C)c1ccccc1C#N. The number of anilines is 1. The molecule has 0 amide bonds. The average molecular weight is 247 g/mol. The van der Waals surface area contributed by atoms with Gasteiger partial charge in [-0.2, -0.15) is 5.26 Å². The van der Waals surface area contributed by atoms with Crippen molar-refractivity contribution in [1.82, 2.24) is 5.32 Å². The maximum absolute atomic E-state index is 9.02. The predicted molar refractivity (Wildman–Crippen MR) is 75.1 cm³/mol. The third kappa shape index (κ3) is 3.72. The zero-order chi connectivity index (χ0) is 12.7. The van der Waals surface area contributed by atoms with Crippen molar-refractivity contribution in [3.8, 4) is 6.07 Å². The summed E-state index contributed by atoms with van der Waals surface area (Å²) in [5.41, 5.74) is 1.47. The first-order valence-electron chi connectivity index (χ1n) is 5.71. The van der Waals surface area contributed by atoms with Crippen molar-refractivity contribution in [3.05, 3.63) is 29.8 Å². The van der Waals surface area contributed by atoms with Gasteiger partial charge in [-0.05, 0) is 30.8 Å². The summed E-state index contributed by atoms with van der Waals surface area (Å²) in [5.74, 6) is 0. The molecule has 0 saturated carbocycles. The molecule has 1 aromatic rings. The Kier molecular flexibility index (Phi) is 5.44. The molecule has 0 aromatic heterocycles. The lowest BCUT2D eigenvalue weighted by atomic mass is 10.2. The lowest BCUT2D eigenvalue weighted by molar-refractivity contribution is 0.754. The third-order valence-corrected chi connectivity index (χ3v) is 2.92. The summed E-state index contributed by atoms with van der Waals surface area (Å²) in [6.45, 7) is 3.01. The maximum Gasteiger partial charge on any atom is 0.173 e. The van der Waals surface area contributed by atoms with E-state index >= 15 is 0 Å². The summed E-state index contributed by atoms with van der Waals surface area (Å²) in [5, 5.41) is 12.9. The quantitative estimate of drug-likeness (QED) is 0.656. The van der Waals surface area contributed by atoms with Gasteiger partial charge in [-0.3, -0.25) is 0 Å². The molecule has 0 unspecified atom stereocenters. The monoisotopic (exact) mass is 247 g/mol. The second-order valence-corrected chi connectivity index (χ2v) is 4.16. The van der Waals surface area contributed by atoms with E-state index in [1.807, 2.05) is 30.1 Å². The van der Waals surface area contributed by atoms with Crippen molar-refractivity contribution in [1.29, 1.82) is 5.26 Å². The van der Waals surface area contributed by atoms with E-state index in [0.29, 0.717) is 10.7 Å². The predicted octanol–water partition coefficient (Wildman–Crippen LogP) is 2.67. The van der Waals surface area contributed by atoms with Crippen LogP contribution in [0.15, 0.2) is 24.3 Å². The van der Waals surface area contributed by atoms with Crippen molar-refractivity contribution in [2.24, 2.45) is 0 Å². The van der Waals surface area contributed by atoms with Crippen LogP contribution >= 0.6 is 12.2 Å². The van der Waals surface area contributed by atoms with E-state index in [0.717, 1.165) is 25.1 Å². The Bertz CT molecular complexity index is 423. The molecule has 0 fully saturated rings. The first-order valence-corrected chi connectivity index (χ1v) is 6.12. The summed E-state index contributed by atoms with van der Waals surface area (Å²) in [6, 6.07) is 9.61. The molecule has 0 aliphatic rings. The zero-order valence-electron chi connectivity index (χ0n) is 10.2. The Balaban J connectivity index is 2.72. The van der Waals surface area contributed by atoms with Crippen LogP contribution in [-0.2, 0) is 0 Å². The standard InChI is InChI=1S/C13H17N3S/c1-3-4-9-15-13(17)16(2)12-8-6-5-7-11(12)10-14/h5-8H,3-4,9H2,1-2H3,(H,15,17). The maximum atomic E-state index is 9.02. The number of nitrogens with zero attached hydrogens (tertiary/aromatic N) is 2. The van der Waals surface area contributed by atoms with E-state index in [2.05, 4.69) is 18.3 Å². The van der Waals surface area contributed by atoms with Gasteiger partial charge >= 0.3 is 0 Å². The van der Waals surface area contributed by atoms with E-state index in [1.165, 1.54) is 0 Å². The van der Waals surface area contributed by atoms with E-state index < -0.39 is 0 Å². The van der Waals surface area contributed by atoms with E-state index in [-0.39, 0.29) is 0 Å². The van der Waals surface area contributed by atoms with Gasteiger partial charge in [-0.1, -0.05) is 25.5 Å². The van der Waals surface area contributed by atoms with Crippen LogP contribution in [0.3, 0.4) is 0 Å². The van der Waals surface area contributed by atoms with Crippen LogP contribution in [0.1, 0.15) is 25.3 Å². The Morgan fingerprint density at radius 1 is 1.47 bits per heavy atom. The molecular formula is C13H17N3S. The van der Waals surface area contributed by atoms with E-state index in [4.69, 9.17) is 17.5 Å². The number of nitrogens with one attached hydrogen (secondary N) is 1. The zero-order valence-corrected chi connectivity index (χ0v) is 11.0. The highest BCUT2D eigenvalue weighted by atomic mass is 32.1. The highest BCUT2D eigenvalue weighted by Gasteiger charge is 2.09. The van der Waals surface area contributed by atoms with Crippen LogP contribution in [0.4, 0.5) is 5.69 Å². The fourth-order valence-corrected chi connectivity index (χ4v) is 1.66. The molecule has 90 valence electrons. The number of rotatable bonds is 4. The van der Waals surface area contributed by atoms with Crippen LogP contribution in [0.5, 0.6) is 0 Å². The number of hydrogen-bond acceptors (Lipinski definition) is 2. The second kappa shape index (κ2) is 6.87. The molecule has 0 aliphatic heterocycles. The first-order chi connectivity index (χ1) is 8.20. The van der Waals surface area contributed by atoms with Crippen LogP contribution in [0, 0.1) is 11.3 Å². The largest absolute Gasteiger partial charge is 0.362 e. The Hall–Kier alpha value is -1.60. The minimum atomic E-state index is 0.634. The van der Waals surface area contributed by atoms with Gasteiger partial charge in [0.1, 0.15) is 6.07 Å². The molecule has 0 heterocycles. The highest BCUT2D eigenvalue weighted by Crippen LogP contribution is 2.17. The Labute approximate surface area is 108 Å². The normalized spacial score (nSPS) is 9.47. The van der Waals surface area contributed by atoms with Crippen LogP contribution in [0.2, 0.25) is 0 Å². The van der Waals surface area contributed by atoms with Crippen LogP contribution in [0.25, 0.3) is 0 Å². The molecule has 0 radical (unpaired) electrons. The van der Waals surface area contributed by atoms with Gasteiger partial charge in [0, 0.05) is 13.6 Å². The van der Waals surface area contributed by atoms with Crippen molar-refractivity contribution in [2.75, 3.05) is 18.5 Å². The fourth-order valence-electron chi connectivity index (χ4n) is 1.46.